The highest BCUT2D eigenvalue weighted by Crippen LogP contribution is 2.23. The largest absolute Gasteiger partial charge is 0.465 e. The molecule has 0 heterocycles. The lowest BCUT2D eigenvalue weighted by atomic mass is 10.0. The van der Waals surface area contributed by atoms with Crippen LogP contribution in [0.5, 0.6) is 0 Å². The van der Waals surface area contributed by atoms with Crippen molar-refractivity contribution < 1.29 is 37.0 Å². The van der Waals surface area contributed by atoms with E-state index in [1.807, 2.05) is 0 Å². The number of ether oxygens (including phenoxy) is 2. The van der Waals surface area contributed by atoms with Gasteiger partial charge >= 0.3 is 18.1 Å². The van der Waals surface area contributed by atoms with Gasteiger partial charge in [0.2, 0.25) is 5.92 Å². The van der Waals surface area contributed by atoms with Crippen molar-refractivity contribution in [2.45, 2.75) is 32.9 Å². The summed E-state index contributed by atoms with van der Waals surface area (Å²) in [5.41, 5.74) is 0. The Morgan fingerprint density at radius 3 is 1.74 bits per heavy atom. The van der Waals surface area contributed by atoms with Gasteiger partial charge in [0.05, 0.1) is 19.6 Å². The number of alkyl halides is 3. The number of carbonyl (C=O) groups excluding carboxylic acids is 3. The van der Waals surface area contributed by atoms with Gasteiger partial charge in [0.25, 0.3) is 0 Å². The number of Topliss-reactive ketones (excluding diaryl/α,β-unsaturated/α-hetero) is 1. The Bertz CT molecular complexity index is 320. The average molecular weight is 284 g/mol. The molecular weight excluding hydrogens is 269 g/mol. The molecule has 0 unspecified atom stereocenters. The number of hydrogen-bond acceptors (Lipinski definition) is 5. The average Bonchev–Trinajstić information content (AvgIpc) is 2.26. The molecule has 0 saturated carbocycles. The third-order valence-electron chi connectivity index (χ3n) is 2.02. The number of esters is 2. The van der Waals surface area contributed by atoms with Crippen LogP contribution in [0.1, 0.15) is 26.7 Å². The monoisotopic (exact) mass is 284 g/mol. The molecule has 19 heavy (non-hydrogen) atoms. The highest BCUT2D eigenvalue weighted by atomic mass is 19.4. The Labute approximate surface area is 108 Å². The van der Waals surface area contributed by atoms with Crippen LogP contribution in [0, 0.1) is 5.92 Å². The summed E-state index contributed by atoms with van der Waals surface area (Å²) in [6.07, 6.45) is -6.91. The second-order valence-electron chi connectivity index (χ2n) is 3.52. The summed E-state index contributed by atoms with van der Waals surface area (Å²) in [5.74, 6) is -5.47. The van der Waals surface area contributed by atoms with Crippen LogP contribution in [-0.4, -0.2) is 37.1 Å². The molecule has 0 bridgehead atoms. The van der Waals surface area contributed by atoms with Crippen LogP contribution in [0.2, 0.25) is 0 Å². The molecule has 0 aliphatic carbocycles. The smallest absolute Gasteiger partial charge is 0.389 e. The lowest BCUT2D eigenvalue weighted by Gasteiger charge is -2.13. The predicted molar refractivity (Wildman–Crippen MR) is 57.1 cm³/mol. The van der Waals surface area contributed by atoms with Gasteiger partial charge in [-0.05, 0) is 13.8 Å². The zero-order valence-electron chi connectivity index (χ0n) is 10.6. The van der Waals surface area contributed by atoms with E-state index in [9.17, 15) is 27.6 Å². The fraction of sp³-hybridized carbons (Fsp3) is 0.727. The van der Waals surface area contributed by atoms with Crippen LogP contribution in [-0.2, 0) is 23.9 Å². The van der Waals surface area contributed by atoms with Gasteiger partial charge in [0.1, 0.15) is 0 Å². The van der Waals surface area contributed by atoms with E-state index in [0.717, 1.165) is 0 Å². The standard InChI is InChI=1S/C11H15F3O5/c1-3-18-9(16)8(10(17)19-4-2)7(15)5-6-11(12,13)14/h8H,3-6H2,1-2H3. The molecule has 0 aromatic heterocycles. The van der Waals surface area contributed by atoms with E-state index in [-0.39, 0.29) is 13.2 Å². The molecule has 5 nitrogen and oxygen atoms in total. The van der Waals surface area contributed by atoms with Crippen molar-refractivity contribution in [2.75, 3.05) is 13.2 Å². The molecule has 0 spiro atoms. The van der Waals surface area contributed by atoms with Crippen molar-refractivity contribution in [3.8, 4) is 0 Å². The van der Waals surface area contributed by atoms with Gasteiger partial charge in [0, 0.05) is 6.42 Å². The normalized spacial score (nSPS) is 11.3. The Balaban J connectivity index is 4.77. The second-order valence-corrected chi connectivity index (χ2v) is 3.52. The molecule has 0 aromatic carbocycles. The van der Waals surface area contributed by atoms with E-state index < -0.39 is 42.7 Å². The fourth-order valence-corrected chi connectivity index (χ4v) is 1.22. The van der Waals surface area contributed by atoms with Crippen LogP contribution in [0.25, 0.3) is 0 Å². The topological polar surface area (TPSA) is 69.7 Å². The molecule has 0 N–H and O–H groups in total. The first kappa shape index (κ1) is 17.4. The molecule has 110 valence electrons. The van der Waals surface area contributed by atoms with Gasteiger partial charge in [-0.3, -0.25) is 14.4 Å². The van der Waals surface area contributed by atoms with Crippen LogP contribution in [0.4, 0.5) is 13.2 Å². The zero-order valence-corrected chi connectivity index (χ0v) is 10.6. The van der Waals surface area contributed by atoms with E-state index in [1.165, 1.54) is 13.8 Å². The lowest BCUT2D eigenvalue weighted by molar-refractivity contribution is -0.166. The van der Waals surface area contributed by atoms with E-state index in [4.69, 9.17) is 0 Å². The van der Waals surface area contributed by atoms with Crippen molar-refractivity contribution in [3.05, 3.63) is 0 Å². The Hall–Kier alpha value is -1.60. The Morgan fingerprint density at radius 1 is 1.00 bits per heavy atom. The summed E-state index contributed by atoms with van der Waals surface area (Å²) in [7, 11) is 0. The quantitative estimate of drug-likeness (QED) is 0.525. The van der Waals surface area contributed by atoms with E-state index >= 15 is 0 Å². The molecule has 0 radical (unpaired) electrons. The summed E-state index contributed by atoms with van der Waals surface area (Å²) in [5, 5.41) is 0. The van der Waals surface area contributed by atoms with E-state index in [0.29, 0.717) is 0 Å². The molecule has 0 aliphatic rings. The molecule has 0 rings (SSSR count). The molecule has 8 heteroatoms. The molecular formula is C11H15F3O5. The van der Waals surface area contributed by atoms with Gasteiger partial charge in [0.15, 0.2) is 5.78 Å². The van der Waals surface area contributed by atoms with Crippen LogP contribution in [0.3, 0.4) is 0 Å². The van der Waals surface area contributed by atoms with Crippen LogP contribution >= 0.6 is 0 Å². The maximum absolute atomic E-state index is 12.0. The summed E-state index contributed by atoms with van der Waals surface area (Å²) in [4.78, 5) is 34.3. The van der Waals surface area contributed by atoms with Crippen LogP contribution in [0.15, 0.2) is 0 Å². The Morgan fingerprint density at radius 2 is 1.42 bits per heavy atom. The molecule has 0 fully saturated rings. The number of rotatable bonds is 7. The summed E-state index contributed by atoms with van der Waals surface area (Å²) < 4.78 is 44.9. The zero-order chi connectivity index (χ0) is 15.1. The lowest BCUT2D eigenvalue weighted by Crippen LogP contribution is -2.35. The first-order valence-electron chi connectivity index (χ1n) is 5.65. The summed E-state index contributed by atoms with van der Waals surface area (Å²) in [6.45, 7) is 2.70. The SMILES string of the molecule is CCOC(=O)C(C(=O)CCC(F)(F)F)C(=O)OCC. The minimum atomic E-state index is -4.54. The Kier molecular flexibility index (Phi) is 7.10. The van der Waals surface area contributed by atoms with Gasteiger partial charge in [-0.1, -0.05) is 0 Å². The van der Waals surface area contributed by atoms with E-state index in [1.54, 1.807) is 0 Å². The number of hydrogen-bond donors (Lipinski definition) is 0. The van der Waals surface area contributed by atoms with Crippen molar-refractivity contribution in [2.24, 2.45) is 5.92 Å². The second kappa shape index (κ2) is 7.75. The van der Waals surface area contributed by atoms with Crippen molar-refractivity contribution in [1.82, 2.24) is 0 Å². The number of carbonyl (C=O) groups is 3. The molecule has 0 atom stereocenters. The number of halogens is 3. The van der Waals surface area contributed by atoms with Crippen molar-refractivity contribution >= 4 is 17.7 Å². The van der Waals surface area contributed by atoms with Gasteiger partial charge in [-0.2, -0.15) is 13.2 Å². The minimum Gasteiger partial charge on any atom is -0.465 e. The number of ketones is 1. The van der Waals surface area contributed by atoms with Gasteiger partial charge in [-0.25, -0.2) is 0 Å². The highest BCUT2D eigenvalue weighted by Gasteiger charge is 2.38. The predicted octanol–water partition coefficient (Wildman–Crippen LogP) is 1.64. The van der Waals surface area contributed by atoms with Crippen LogP contribution < -0.4 is 0 Å². The minimum absolute atomic E-state index is 0.0959. The molecule has 0 saturated heterocycles. The molecule has 0 amide bonds. The van der Waals surface area contributed by atoms with Gasteiger partial charge < -0.3 is 9.47 Å². The first-order chi connectivity index (χ1) is 8.72. The third kappa shape index (κ3) is 6.78. The summed E-state index contributed by atoms with van der Waals surface area (Å²) >= 11 is 0. The van der Waals surface area contributed by atoms with Crippen molar-refractivity contribution in [3.63, 3.8) is 0 Å². The first-order valence-corrected chi connectivity index (χ1v) is 5.65. The third-order valence-corrected chi connectivity index (χ3v) is 2.02. The highest BCUT2D eigenvalue weighted by molar-refractivity contribution is 6.14. The maximum Gasteiger partial charge on any atom is 0.389 e. The summed E-state index contributed by atoms with van der Waals surface area (Å²) in [6, 6.07) is 0. The van der Waals surface area contributed by atoms with E-state index in [2.05, 4.69) is 9.47 Å². The molecule has 0 aliphatic heterocycles. The van der Waals surface area contributed by atoms with Gasteiger partial charge in [-0.15, -0.1) is 0 Å². The van der Waals surface area contributed by atoms with Crippen molar-refractivity contribution in [1.29, 1.82) is 0 Å². The molecule has 0 aromatic rings. The maximum atomic E-state index is 12.0. The fourth-order valence-electron chi connectivity index (χ4n) is 1.22.